The zero-order valence-electron chi connectivity index (χ0n) is 13.2. The molecule has 20 heavy (non-hydrogen) atoms. The van der Waals surface area contributed by atoms with Crippen LogP contribution in [0.25, 0.3) is 0 Å². The zero-order valence-corrected chi connectivity index (χ0v) is 13.2. The minimum absolute atomic E-state index is 0.639. The Balaban J connectivity index is 2.70. The summed E-state index contributed by atoms with van der Waals surface area (Å²) >= 11 is 0. The molecule has 5 heteroatoms. The van der Waals surface area contributed by atoms with Gasteiger partial charge in [0, 0.05) is 25.2 Å². The highest BCUT2D eigenvalue weighted by Crippen LogP contribution is 2.39. The van der Waals surface area contributed by atoms with Crippen LogP contribution in [-0.2, 0) is 6.54 Å². The molecular formula is C15H26N2O3. The Kier molecular flexibility index (Phi) is 7.18. The first kappa shape index (κ1) is 16.6. The lowest BCUT2D eigenvalue weighted by molar-refractivity contribution is 0.320. The second-order valence-corrected chi connectivity index (χ2v) is 4.57. The van der Waals surface area contributed by atoms with E-state index in [1.165, 1.54) is 0 Å². The monoisotopic (exact) mass is 282 g/mol. The van der Waals surface area contributed by atoms with Crippen molar-refractivity contribution < 1.29 is 14.2 Å². The molecule has 0 atom stereocenters. The number of ether oxygens (including phenoxy) is 3. The van der Waals surface area contributed by atoms with E-state index in [0.717, 1.165) is 37.5 Å². The molecule has 0 aliphatic rings. The average Bonchev–Trinajstić information content (AvgIpc) is 2.49. The molecule has 0 radical (unpaired) electrons. The largest absolute Gasteiger partial charge is 0.493 e. The van der Waals surface area contributed by atoms with Gasteiger partial charge in [-0.1, -0.05) is 13.0 Å². The van der Waals surface area contributed by atoms with E-state index in [1.807, 2.05) is 12.1 Å². The van der Waals surface area contributed by atoms with Gasteiger partial charge in [0.2, 0.25) is 5.75 Å². The molecule has 0 spiro atoms. The lowest BCUT2D eigenvalue weighted by Crippen LogP contribution is -2.28. The lowest BCUT2D eigenvalue weighted by atomic mass is 10.1. The van der Waals surface area contributed by atoms with Crippen molar-refractivity contribution in [1.29, 1.82) is 0 Å². The number of methoxy groups -OCH3 is 3. The molecule has 1 aromatic rings. The summed E-state index contributed by atoms with van der Waals surface area (Å²) in [5.41, 5.74) is 1.06. The van der Waals surface area contributed by atoms with E-state index < -0.39 is 0 Å². The second kappa shape index (κ2) is 8.66. The Morgan fingerprint density at radius 2 is 1.75 bits per heavy atom. The molecule has 0 aliphatic carbocycles. The minimum Gasteiger partial charge on any atom is -0.493 e. The quantitative estimate of drug-likeness (QED) is 0.699. The Hall–Kier alpha value is -1.46. The normalized spacial score (nSPS) is 10.7. The number of rotatable bonds is 9. The van der Waals surface area contributed by atoms with Gasteiger partial charge in [-0.15, -0.1) is 0 Å². The van der Waals surface area contributed by atoms with E-state index in [4.69, 9.17) is 14.2 Å². The maximum atomic E-state index is 5.45. The van der Waals surface area contributed by atoms with Crippen LogP contribution in [-0.4, -0.2) is 52.9 Å². The highest BCUT2D eigenvalue weighted by Gasteiger charge is 2.15. The van der Waals surface area contributed by atoms with Crippen LogP contribution in [0.15, 0.2) is 12.1 Å². The summed E-state index contributed by atoms with van der Waals surface area (Å²) in [6.45, 7) is 5.90. The number of likely N-dealkylation sites (N-methyl/N-ethyl adjacent to an activating group) is 1. The molecule has 0 fully saturated rings. The fourth-order valence-corrected chi connectivity index (χ4v) is 1.95. The molecule has 1 rings (SSSR count). The standard InChI is InChI=1S/C15H26N2O3/c1-6-17(2)10-9-16-11-12-7-8-13(18-3)15(20-5)14(12)19-4/h7-8,16H,6,9-11H2,1-5H3. The van der Waals surface area contributed by atoms with Crippen molar-refractivity contribution in [1.82, 2.24) is 10.2 Å². The van der Waals surface area contributed by atoms with Crippen LogP contribution >= 0.6 is 0 Å². The van der Waals surface area contributed by atoms with Crippen LogP contribution in [0.2, 0.25) is 0 Å². The fourth-order valence-electron chi connectivity index (χ4n) is 1.95. The molecule has 1 aromatic carbocycles. The van der Waals surface area contributed by atoms with Crippen LogP contribution in [0, 0.1) is 0 Å². The third kappa shape index (κ3) is 4.28. The number of hydrogen-bond donors (Lipinski definition) is 1. The van der Waals surface area contributed by atoms with Gasteiger partial charge in [0.25, 0.3) is 0 Å². The summed E-state index contributed by atoms with van der Waals surface area (Å²) in [5.74, 6) is 2.04. The average molecular weight is 282 g/mol. The second-order valence-electron chi connectivity index (χ2n) is 4.57. The molecule has 0 aromatic heterocycles. The van der Waals surface area contributed by atoms with Gasteiger partial charge >= 0.3 is 0 Å². The van der Waals surface area contributed by atoms with Crippen molar-refractivity contribution in [2.75, 3.05) is 48.0 Å². The van der Waals surface area contributed by atoms with Gasteiger partial charge in [-0.25, -0.2) is 0 Å². The van der Waals surface area contributed by atoms with E-state index in [0.29, 0.717) is 11.5 Å². The van der Waals surface area contributed by atoms with E-state index in [1.54, 1.807) is 21.3 Å². The van der Waals surface area contributed by atoms with Crippen molar-refractivity contribution in [3.63, 3.8) is 0 Å². The third-order valence-electron chi connectivity index (χ3n) is 3.31. The number of nitrogens with one attached hydrogen (secondary N) is 1. The molecule has 0 unspecified atom stereocenters. The van der Waals surface area contributed by atoms with E-state index in [-0.39, 0.29) is 0 Å². The minimum atomic E-state index is 0.639. The van der Waals surface area contributed by atoms with Gasteiger partial charge in [0.1, 0.15) is 0 Å². The predicted molar refractivity (Wildman–Crippen MR) is 81.0 cm³/mol. The molecule has 0 amide bonds. The fraction of sp³-hybridized carbons (Fsp3) is 0.600. The number of nitrogens with zero attached hydrogens (tertiary/aromatic N) is 1. The lowest BCUT2D eigenvalue weighted by Gasteiger charge is -2.17. The van der Waals surface area contributed by atoms with Crippen LogP contribution in [0.5, 0.6) is 17.2 Å². The van der Waals surface area contributed by atoms with Gasteiger partial charge in [0.05, 0.1) is 21.3 Å². The number of hydrogen-bond acceptors (Lipinski definition) is 5. The van der Waals surface area contributed by atoms with Crippen molar-refractivity contribution in [3.05, 3.63) is 17.7 Å². The first-order chi connectivity index (χ1) is 9.67. The van der Waals surface area contributed by atoms with Gasteiger partial charge in [-0.05, 0) is 19.7 Å². The van der Waals surface area contributed by atoms with E-state index in [2.05, 4.69) is 24.2 Å². The summed E-state index contributed by atoms with van der Waals surface area (Å²) in [4.78, 5) is 2.26. The molecule has 1 N–H and O–H groups in total. The highest BCUT2D eigenvalue weighted by atomic mass is 16.5. The van der Waals surface area contributed by atoms with Crippen LogP contribution in [0.1, 0.15) is 12.5 Å². The molecule has 5 nitrogen and oxygen atoms in total. The van der Waals surface area contributed by atoms with E-state index in [9.17, 15) is 0 Å². The maximum Gasteiger partial charge on any atom is 0.203 e. The Morgan fingerprint density at radius 1 is 1.05 bits per heavy atom. The summed E-state index contributed by atoms with van der Waals surface area (Å²) in [7, 11) is 6.99. The smallest absolute Gasteiger partial charge is 0.203 e. The Morgan fingerprint density at radius 3 is 2.30 bits per heavy atom. The maximum absolute atomic E-state index is 5.45. The first-order valence-corrected chi connectivity index (χ1v) is 6.85. The van der Waals surface area contributed by atoms with Crippen LogP contribution in [0.4, 0.5) is 0 Å². The summed E-state index contributed by atoms with van der Waals surface area (Å²) in [5, 5.41) is 3.41. The Labute approximate surface area is 121 Å². The van der Waals surface area contributed by atoms with Gasteiger partial charge in [-0.2, -0.15) is 0 Å². The van der Waals surface area contributed by atoms with Gasteiger partial charge in [0.15, 0.2) is 11.5 Å². The van der Waals surface area contributed by atoms with Gasteiger partial charge < -0.3 is 24.4 Å². The highest BCUT2D eigenvalue weighted by molar-refractivity contribution is 5.55. The van der Waals surface area contributed by atoms with Crippen molar-refractivity contribution in [2.24, 2.45) is 0 Å². The molecule has 114 valence electrons. The van der Waals surface area contributed by atoms with Crippen molar-refractivity contribution in [2.45, 2.75) is 13.5 Å². The third-order valence-corrected chi connectivity index (χ3v) is 3.31. The van der Waals surface area contributed by atoms with Crippen molar-refractivity contribution >= 4 is 0 Å². The van der Waals surface area contributed by atoms with Crippen LogP contribution < -0.4 is 19.5 Å². The molecule has 0 heterocycles. The molecule has 0 saturated heterocycles. The van der Waals surface area contributed by atoms with E-state index >= 15 is 0 Å². The summed E-state index contributed by atoms with van der Waals surface area (Å²) < 4.78 is 16.1. The number of benzene rings is 1. The first-order valence-electron chi connectivity index (χ1n) is 6.85. The van der Waals surface area contributed by atoms with Crippen molar-refractivity contribution in [3.8, 4) is 17.2 Å². The van der Waals surface area contributed by atoms with Crippen LogP contribution in [0.3, 0.4) is 0 Å². The molecular weight excluding hydrogens is 256 g/mol. The van der Waals surface area contributed by atoms with Gasteiger partial charge in [-0.3, -0.25) is 0 Å². The molecule has 0 saturated carbocycles. The zero-order chi connectivity index (χ0) is 15.0. The summed E-state index contributed by atoms with van der Waals surface area (Å²) in [6.07, 6.45) is 0. The molecule has 0 aliphatic heterocycles. The predicted octanol–water partition coefficient (Wildman–Crippen LogP) is 1.75. The SMILES string of the molecule is CCN(C)CCNCc1ccc(OC)c(OC)c1OC. The Bertz CT molecular complexity index is 410. The summed E-state index contributed by atoms with van der Waals surface area (Å²) in [6, 6.07) is 3.90. The topological polar surface area (TPSA) is 43.0 Å². The molecule has 0 bridgehead atoms.